The van der Waals surface area contributed by atoms with Gasteiger partial charge in [-0.2, -0.15) is 0 Å². The smallest absolute Gasteiger partial charge is 0.192 e. The quantitative estimate of drug-likeness (QED) is 0.434. The lowest BCUT2D eigenvalue weighted by molar-refractivity contribution is -0.121. The maximum Gasteiger partial charge on any atom is 0.192 e. The average Bonchev–Trinajstić information content (AvgIpc) is 2.54. The van der Waals surface area contributed by atoms with Crippen LogP contribution in [0.3, 0.4) is 0 Å². The van der Waals surface area contributed by atoms with Crippen LogP contribution < -0.4 is 0 Å². The largest absolute Gasteiger partial charge is 0.287 e. The van der Waals surface area contributed by atoms with Crippen LogP contribution in [0.25, 0.3) is 11.1 Å². The van der Waals surface area contributed by atoms with Crippen LogP contribution in [0, 0.1) is 10.8 Å². The lowest BCUT2D eigenvalue weighted by Crippen LogP contribution is -2.43. The van der Waals surface area contributed by atoms with E-state index >= 15 is 0 Å². The van der Waals surface area contributed by atoms with Crippen molar-refractivity contribution in [1.82, 2.24) is 0 Å². The van der Waals surface area contributed by atoms with Crippen LogP contribution in [0.2, 0.25) is 0 Å². The Labute approximate surface area is 149 Å². The molecule has 3 heteroatoms. The highest BCUT2D eigenvalue weighted by Crippen LogP contribution is 2.43. The third-order valence-corrected chi connectivity index (χ3v) is 6.22. The molecule has 0 aliphatic heterocycles. The van der Waals surface area contributed by atoms with E-state index in [2.05, 4.69) is 36.9 Å². The van der Waals surface area contributed by atoms with Gasteiger partial charge >= 0.3 is 0 Å². The highest BCUT2D eigenvalue weighted by Gasteiger charge is 2.44. The summed E-state index contributed by atoms with van der Waals surface area (Å²) in [5, 5.41) is -0.147. The van der Waals surface area contributed by atoms with Crippen LogP contribution in [0.1, 0.15) is 33.3 Å². The molecule has 0 aliphatic rings. The minimum absolute atomic E-state index is 0.147. The van der Waals surface area contributed by atoms with Gasteiger partial charge in [-0.3, -0.25) is 4.79 Å². The van der Waals surface area contributed by atoms with Crippen molar-refractivity contribution in [2.75, 3.05) is 0 Å². The molecular formula is C20H22OS2. The van der Waals surface area contributed by atoms with Gasteiger partial charge in [0.2, 0.25) is 0 Å². The number of benzene rings is 2. The van der Waals surface area contributed by atoms with Crippen molar-refractivity contribution in [3.8, 4) is 11.1 Å². The monoisotopic (exact) mass is 342 g/mol. The number of carbonyl (C=O) groups is 1. The first-order valence-electron chi connectivity index (χ1n) is 7.61. The first-order chi connectivity index (χ1) is 10.7. The molecule has 0 saturated heterocycles. The Morgan fingerprint density at radius 1 is 0.826 bits per heavy atom. The molecule has 0 amide bonds. The van der Waals surface area contributed by atoms with Gasteiger partial charge in [0.05, 0.1) is 0 Å². The molecule has 0 atom stereocenters. The summed E-state index contributed by atoms with van der Waals surface area (Å²) in [6, 6.07) is 18.4. The second kappa shape index (κ2) is 6.58. The number of hydrogen-bond donors (Lipinski definition) is 1. The first-order valence-corrected chi connectivity index (χ1v) is 8.47. The number of hydrogen-bond acceptors (Lipinski definition) is 2. The lowest BCUT2D eigenvalue weighted by Gasteiger charge is -2.40. The summed E-state index contributed by atoms with van der Waals surface area (Å²) in [7, 11) is 0. The van der Waals surface area contributed by atoms with Crippen LogP contribution in [0.5, 0.6) is 0 Å². The van der Waals surface area contributed by atoms with Gasteiger partial charge in [0.25, 0.3) is 0 Å². The molecule has 2 rings (SSSR count). The van der Waals surface area contributed by atoms with Crippen molar-refractivity contribution in [3.63, 3.8) is 0 Å². The van der Waals surface area contributed by atoms with E-state index in [4.69, 9.17) is 12.2 Å². The summed E-state index contributed by atoms with van der Waals surface area (Å²) < 4.78 is 0. The van der Waals surface area contributed by atoms with Gasteiger partial charge in [-0.05, 0) is 16.7 Å². The van der Waals surface area contributed by atoms with Crippen LogP contribution in [0.4, 0.5) is 0 Å². The predicted octanol–water partition coefficient (Wildman–Crippen LogP) is 5.58. The number of thiol groups is 1. The fourth-order valence-electron chi connectivity index (χ4n) is 2.36. The SMILES string of the molecule is CC(C)(C(=O)S)C(C)(C)C(=S)c1ccc(-c2ccccc2)cc1. The predicted molar refractivity (Wildman–Crippen MR) is 105 cm³/mol. The molecule has 0 unspecified atom stereocenters. The third kappa shape index (κ3) is 3.41. The normalized spacial score (nSPS) is 12.0. The molecule has 0 N–H and O–H groups in total. The molecule has 23 heavy (non-hydrogen) atoms. The van der Waals surface area contributed by atoms with E-state index in [9.17, 15) is 4.79 Å². The maximum atomic E-state index is 11.9. The molecule has 120 valence electrons. The summed E-state index contributed by atoms with van der Waals surface area (Å²) in [6.45, 7) is 7.81. The van der Waals surface area contributed by atoms with Gasteiger partial charge in [0.15, 0.2) is 5.12 Å². The van der Waals surface area contributed by atoms with E-state index in [-0.39, 0.29) is 5.12 Å². The van der Waals surface area contributed by atoms with Crippen molar-refractivity contribution in [1.29, 1.82) is 0 Å². The molecule has 0 fully saturated rings. The topological polar surface area (TPSA) is 17.1 Å². The van der Waals surface area contributed by atoms with E-state index in [0.717, 1.165) is 16.0 Å². The van der Waals surface area contributed by atoms with Gasteiger partial charge in [-0.25, -0.2) is 0 Å². The Balaban J connectivity index is 2.32. The molecule has 0 heterocycles. The summed E-state index contributed by atoms with van der Waals surface area (Å²) in [5.41, 5.74) is 2.21. The molecular weight excluding hydrogens is 320 g/mol. The van der Waals surface area contributed by atoms with E-state index in [1.165, 1.54) is 5.56 Å². The number of rotatable bonds is 5. The second-order valence-corrected chi connectivity index (χ2v) is 7.64. The molecule has 2 aromatic carbocycles. The fourth-order valence-corrected chi connectivity index (χ4v) is 3.03. The lowest BCUT2D eigenvalue weighted by atomic mass is 9.65. The van der Waals surface area contributed by atoms with Gasteiger partial charge < -0.3 is 0 Å². The summed E-state index contributed by atoms with van der Waals surface area (Å²) in [4.78, 5) is 12.7. The molecule has 0 saturated carbocycles. The Kier molecular flexibility index (Phi) is 5.12. The van der Waals surface area contributed by atoms with Gasteiger partial charge in [-0.15, -0.1) is 12.6 Å². The second-order valence-electron chi connectivity index (χ2n) is 6.83. The Morgan fingerprint density at radius 3 is 1.78 bits per heavy atom. The first kappa shape index (κ1) is 17.9. The fraction of sp³-hybridized carbons (Fsp3) is 0.300. The molecule has 0 bridgehead atoms. The zero-order valence-corrected chi connectivity index (χ0v) is 15.7. The zero-order chi connectivity index (χ0) is 17.3. The summed E-state index contributed by atoms with van der Waals surface area (Å²) >= 11 is 9.74. The van der Waals surface area contributed by atoms with Crippen molar-refractivity contribution in [3.05, 3.63) is 60.2 Å². The van der Waals surface area contributed by atoms with E-state index in [1.54, 1.807) is 0 Å². The standard InChI is InChI=1S/C20H22OS2/c1-19(2,20(3,4)18(21)23)17(22)16-12-10-15(11-13-16)14-8-6-5-7-9-14/h5-13H,1-4H3,(H,21,23). The minimum Gasteiger partial charge on any atom is -0.287 e. The molecule has 0 radical (unpaired) electrons. The minimum atomic E-state index is -0.634. The van der Waals surface area contributed by atoms with Crippen molar-refractivity contribution in [2.24, 2.45) is 10.8 Å². The summed E-state index contributed by atoms with van der Waals surface area (Å²) in [6.07, 6.45) is 0. The van der Waals surface area contributed by atoms with Crippen LogP contribution >= 0.6 is 24.8 Å². The van der Waals surface area contributed by atoms with Crippen molar-refractivity contribution < 1.29 is 4.79 Å². The Bertz CT molecular complexity index is 713. The molecule has 1 nitrogen and oxygen atoms in total. The number of thiocarbonyl (C=S) groups is 1. The van der Waals surface area contributed by atoms with Gasteiger partial charge in [-0.1, -0.05) is 94.5 Å². The van der Waals surface area contributed by atoms with Crippen LogP contribution in [0.15, 0.2) is 54.6 Å². The molecule has 0 aliphatic carbocycles. The van der Waals surface area contributed by atoms with Gasteiger partial charge in [0, 0.05) is 15.7 Å². The third-order valence-electron chi connectivity index (χ3n) is 4.92. The van der Waals surface area contributed by atoms with Gasteiger partial charge in [0.1, 0.15) is 0 Å². The van der Waals surface area contributed by atoms with E-state index in [1.807, 2.05) is 58.0 Å². The summed E-state index contributed by atoms with van der Waals surface area (Å²) in [5.74, 6) is 0. The Hall–Kier alpha value is -1.45. The molecule has 2 aromatic rings. The highest BCUT2D eigenvalue weighted by molar-refractivity contribution is 7.96. The Morgan fingerprint density at radius 2 is 1.30 bits per heavy atom. The van der Waals surface area contributed by atoms with Crippen molar-refractivity contribution >= 4 is 34.8 Å². The van der Waals surface area contributed by atoms with Crippen molar-refractivity contribution in [2.45, 2.75) is 27.7 Å². The molecule has 0 spiro atoms. The average molecular weight is 343 g/mol. The maximum absolute atomic E-state index is 11.9. The number of carbonyl (C=O) groups excluding carboxylic acids is 1. The van der Waals surface area contributed by atoms with E-state index in [0.29, 0.717) is 0 Å². The van der Waals surface area contributed by atoms with Crippen LogP contribution in [-0.4, -0.2) is 9.98 Å². The zero-order valence-electron chi connectivity index (χ0n) is 14.0. The van der Waals surface area contributed by atoms with E-state index < -0.39 is 10.8 Å². The molecule has 0 aromatic heterocycles. The highest BCUT2D eigenvalue weighted by atomic mass is 32.1. The van der Waals surface area contributed by atoms with Crippen LogP contribution in [-0.2, 0) is 4.79 Å².